The zero-order chi connectivity index (χ0) is 18.8. The number of thioether (sulfide) groups is 1. The molecule has 2 aromatic rings. The number of halogens is 1. The predicted octanol–water partition coefficient (Wildman–Crippen LogP) is 4.23. The summed E-state index contributed by atoms with van der Waals surface area (Å²) < 4.78 is 4.58. The Morgan fingerprint density at radius 1 is 1.08 bits per heavy atom. The largest absolute Gasteiger partial charge is 0.469 e. The topological polar surface area (TPSA) is 55.4 Å². The van der Waals surface area contributed by atoms with E-state index >= 15 is 0 Å². The summed E-state index contributed by atoms with van der Waals surface area (Å²) in [4.78, 5) is 23.2. The summed E-state index contributed by atoms with van der Waals surface area (Å²) in [7, 11) is 1.36. The molecule has 1 amide bonds. The van der Waals surface area contributed by atoms with Crippen molar-refractivity contribution in [1.29, 1.82) is 0 Å². The van der Waals surface area contributed by atoms with Crippen LogP contribution in [0.4, 0.5) is 0 Å². The van der Waals surface area contributed by atoms with Crippen LogP contribution in [-0.4, -0.2) is 31.3 Å². The molecule has 4 nitrogen and oxygen atoms in total. The molecule has 0 spiro atoms. The van der Waals surface area contributed by atoms with Crippen molar-refractivity contribution in [2.24, 2.45) is 0 Å². The molecule has 0 aliphatic rings. The average Bonchev–Trinajstić information content (AvgIpc) is 2.67. The van der Waals surface area contributed by atoms with Crippen LogP contribution in [0.25, 0.3) is 0 Å². The number of ether oxygens (including phenoxy) is 1. The third kappa shape index (κ3) is 6.73. The van der Waals surface area contributed by atoms with Crippen molar-refractivity contribution in [1.82, 2.24) is 5.32 Å². The van der Waals surface area contributed by atoms with Crippen molar-refractivity contribution in [3.63, 3.8) is 0 Å². The number of esters is 1. The van der Waals surface area contributed by atoms with Gasteiger partial charge in [0.15, 0.2) is 0 Å². The first-order valence-corrected chi connectivity index (χ1v) is 9.78. The Balaban J connectivity index is 1.92. The molecule has 2 rings (SSSR count). The van der Waals surface area contributed by atoms with Crippen molar-refractivity contribution in [3.05, 3.63) is 70.7 Å². The van der Waals surface area contributed by atoms with Crippen LogP contribution in [0.5, 0.6) is 0 Å². The van der Waals surface area contributed by atoms with Gasteiger partial charge in [-0.1, -0.05) is 54.1 Å². The van der Waals surface area contributed by atoms with Gasteiger partial charge in [-0.15, -0.1) is 11.8 Å². The highest BCUT2D eigenvalue weighted by molar-refractivity contribution is 8.00. The van der Waals surface area contributed by atoms with E-state index in [1.807, 2.05) is 42.5 Å². The Labute approximate surface area is 163 Å². The fourth-order valence-electron chi connectivity index (χ4n) is 2.42. The van der Waals surface area contributed by atoms with Gasteiger partial charge in [-0.05, 0) is 29.7 Å². The summed E-state index contributed by atoms with van der Waals surface area (Å²) >= 11 is 7.55. The molecule has 138 valence electrons. The van der Waals surface area contributed by atoms with Crippen LogP contribution >= 0.6 is 23.4 Å². The van der Waals surface area contributed by atoms with E-state index in [2.05, 4.69) is 22.2 Å². The highest BCUT2D eigenvalue weighted by Gasteiger charge is 2.16. The molecule has 6 heteroatoms. The number of hydrogen-bond acceptors (Lipinski definition) is 4. The summed E-state index contributed by atoms with van der Waals surface area (Å²) in [5, 5.41) is 3.58. The molecule has 0 aromatic heterocycles. The number of carbonyl (C=O) groups is 2. The first-order chi connectivity index (χ1) is 12.6. The second kappa shape index (κ2) is 10.9. The Morgan fingerprint density at radius 2 is 1.73 bits per heavy atom. The van der Waals surface area contributed by atoms with Crippen LogP contribution in [0.1, 0.15) is 29.2 Å². The number of nitrogens with one attached hydrogen (secondary N) is 1. The standard InChI is InChI=1S/C20H22ClNO3S/c1-25-19(24)8-5-13-22-18(23)14-26-20(15-6-3-2-4-7-15)16-9-11-17(21)12-10-16/h2-4,6-7,9-12,20H,5,8,13-14H2,1H3,(H,22,23). The molecule has 0 radical (unpaired) electrons. The van der Waals surface area contributed by atoms with Crippen LogP contribution in [0, 0.1) is 0 Å². The normalized spacial score (nSPS) is 11.6. The van der Waals surface area contributed by atoms with Gasteiger partial charge in [0, 0.05) is 18.0 Å². The molecular formula is C20H22ClNO3S. The molecule has 0 bridgehead atoms. The van der Waals surface area contributed by atoms with Gasteiger partial charge in [-0.3, -0.25) is 9.59 Å². The number of benzene rings is 2. The number of methoxy groups -OCH3 is 1. The summed E-state index contributed by atoms with van der Waals surface area (Å²) in [6.45, 7) is 0.464. The lowest BCUT2D eigenvalue weighted by Crippen LogP contribution is -2.27. The fourth-order valence-corrected chi connectivity index (χ4v) is 3.67. The Hall–Kier alpha value is -1.98. The minimum Gasteiger partial charge on any atom is -0.469 e. The van der Waals surface area contributed by atoms with Gasteiger partial charge in [0.05, 0.1) is 18.1 Å². The van der Waals surface area contributed by atoms with Crippen LogP contribution < -0.4 is 5.32 Å². The summed E-state index contributed by atoms with van der Waals surface area (Å²) in [5.74, 6) is 0.0238. The zero-order valence-corrected chi connectivity index (χ0v) is 16.2. The average molecular weight is 392 g/mol. The molecule has 26 heavy (non-hydrogen) atoms. The van der Waals surface area contributed by atoms with Crippen LogP contribution in [0.3, 0.4) is 0 Å². The Morgan fingerprint density at radius 3 is 2.38 bits per heavy atom. The van der Waals surface area contributed by atoms with E-state index in [0.717, 1.165) is 11.1 Å². The molecule has 0 saturated carbocycles. The van der Waals surface area contributed by atoms with Crippen LogP contribution in [0.2, 0.25) is 5.02 Å². The maximum Gasteiger partial charge on any atom is 0.305 e. The van der Waals surface area contributed by atoms with Crippen molar-refractivity contribution >= 4 is 35.2 Å². The number of rotatable bonds is 9. The van der Waals surface area contributed by atoms with Gasteiger partial charge >= 0.3 is 5.97 Å². The lowest BCUT2D eigenvalue weighted by atomic mass is 10.0. The molecule has 0 aliphatic heterocycles. The maximum atomic E-state index is 12.1. The van der Waals surface area contributed by atoms with Gasteiger partial charge in [0.1, 0.15) is 0 Å². The zero-order valence-electron chi connectivity index (χ0n) is 14.6. The highest BCUT2D eigenvalue weighted by Crippen LogP contribution is 2.35. The first kappa shape index (κ1) is 20.3. The smallest absolute Gasteiger partial charge is 0.305 e. The Bertz CT molecular complexity index is 707. The minimum atomic E-state index is -0.263. The van der Waals surface area contributed by atoms with Gasteiger partial charge in [0.2, 0.25) is 5.91 Å². The number of carbonyl (C=O) groups excluding carboxylic acids is 2. The summed E-state index contributed by atoms with van der Waals surface area (Å²) in [6, 6.07) is 17.8. The van der Waals surface area contributed by atoms with E-state index in [9.17, 15) is 9.59 Å². The lowest BCUT2D eigenvalue weighted by Gasteiger charge is -2.17. The van der Waals surface area contributed by atoms with Crippen LogP contribution in [-0.2, 0) is 14.3 Å². The molecule has 1 atom stereocenters. The molecule has 0 heterocycles. The Kier molecular flexibility index (Phi) is 8.51. The predicted molar refractivity (Wildman–Crippen MR) is 106 cm³/mol. The van der Waals surface area contributed by atoms with Gasteiger partial charge in [-0.25, -0.2) is 0 Å². The third-order valence-electron chi connectivity index (χ3n) is 3.76. The number of hydrogen-bond donors (Lipinski definition) is 1. The van der Waals surface area contributed by atoms with E-state index in [0.29, 0.717) is 30.2 Å². The second-order valence-electron chi connectivity index (χ2n) is 5.68. The van der Waals surface area contributed by atoms with Crippen molar-refractivity contribution in [3.8, 4) is 0 Å². The molecule has 0 fully saturated rings. The first-order valence-electron chi connectivity index (χ1n) is 8.35. The van der Waals surface area contributed by atoms with Crippen LogP contribution in [0.15, 0.2) is 54.6 Å². The van der Waals surface area contributed by atoms with Crippen molar-refractivity contribution < 1.29 is 14.3 Å². The molecule has 1 N–H and O–H groups in total. The second-order valence-corrected chi connectivity index (χ2v) is 7.21. The van der Waals surface area contributed by atoms with Gasteiger partial charge in [-0.2, -0.15) is 0 Å². The summed E-state index contributed by atoms with van der Waals surface area (Å²) in [6.07, 6.45) is 0.879. The van der Waals surface area contributed by atoms with E-state index in [-0.39, 0.29) is 17.1 Å². The maximum absolute atomic E-state index is 12.1. The summed E-state index contributed by atoms with van der Waals surface area (Å²) in [5.41, 5.74) is 2.24. The lowest BCUT2D eigenvalue weighted by molar-refractivity contribution is -0.140. The van der Waals surface area contributed by atoms with E-state index in [1.165, 1.54) is 7.11 Å². The molecular weight excluding hydrogens is 370 g/mol. The third-order valence-corrected chi connectivity index (χ3v) is 5.32. The quantitative estimate of drug-likeness (QED) is 0.513. The van der Waals surface area contributed by atoms with E-state index in [4.69, 9.17) is 11.6 Å². The van der Waals surface area contributed by atoms with E-state index < -0.39 is 0 Å². The fraction of sp³-hybridized carbons (Fsp3) is 0.300. The van der Waals surface area contributed by atoms with Crippen molar-refractivity contribution in [2.45, 2.75) is 18.1 Å². The SMILES string of the molecule is COC(=O)CCCNC(=O)CSC(c1ccccc1)c1ccc(Cl)cc1. The van der Waals surface area contributed by atoms with Gasteiger partial charge in [0.25, 0.3) is 0 Å². The van der Waals surface area contributed by atoms with Crippen molar-refractivity contribution in [2.75, 3.05) is 19.4 Å². The molecule has 2 aromatic carbocycles. The molecule has 0 saturated heterocycles. The minimum absolute atomic E-state index is 0.0465. The number of amides is 1. The molecule has 0 aliphatic carbocycles. The monoisotopic (exact) mass is 391 g/mol. The highest BCUT2D eigenvalue weighted by atomic mass is 35.5. The molecule has 1 unspecified atom stereocenters. The van der Waals surface area contributed by atoms with E-state index in [1.54, 1.807) is 11.8 Å². The van der Waals surface area contributed by atoms with Gasteiger partial charge < -0.3 is 10.1 Å².